The minimum atomic E-state index is 0.0194. The molecule has 2 aliphatic heterocycles. The summed E-state index contributed by atoms with van der Waals surface area (Å²) in [4.78, 5) is 31.7. The first-order valence-electron chi connectivity index (χ1n) is 11.0. The fourth-order valence-electron chi connectivity index (χ4n) is 4.47. The monoisotopic (exact) mass is 443 g/mol. The van der Waals surface area contributed by atoms with Crippen LogP contribution in [-0.2, 0) is 11.3 Å². The lowest BCUT2D eigenvalue weighted by molar-refractivity contribution is -0.131. The van der Waals surface area contributed by atoms with Crippen LogP contribution in [0.5, 0.6) is 0 Å². The van der Waals surface area contributed by atoms with Crippen LogP contribution in [0.1, 0.15) is 40.2 Å². The van der Waals surface area contributed by atoms with Gasteiger partial charge in [-0.3, -0.25) is 19.2 Å². The summed E-state index contributed by atoms with van der Waals surface area (Å²) in [6.07, 6.45) is 2.22. The van der Waals surface area contributed by atoms with Gasteiger partial charge in [0.1, 0.15) is 0 Å². The van der Waals surface area contributed by atoms with Crippen molar-refractivity contribution in [2.45, 2.75) is 33.2 Å². The first-order chi connectivity index (χ1) is 14.9. The van der Waals surface area contributed by atoms with E-state index in [9.17, 15) is 9.59 Å². The van der Waals surface area contributed by atoms with Crippen molar-refractivity contribution in [1.82, 2.24) is 24.5 Å². The largest absolute Gasteiger partial charge is 0.342 e. The maximum absolute atomic E-state index is 13.3. The molecule has 3 heterocycles. The van der Waals surface area contributed by atoms with Crippen LogP contribution in [0, 0.1) is 13.8 Å². The van der Waals surface area contributed by atoms with Crippen LogP contribution in [0.15, 0.2) is 24.3 Å². The third-order valence-electron chi connectivity index (χ3n) is 6.35. The molecular formula is C23H30ClN5O2. The highest BCUT2D eigenvalue weighted by Gasteiger charge is 2.28. The van der Waals surface area contributed by atoms with Crippen molar-refractivity contribution in [3.05, 3.63) is 51.8 Å². The van der Waals surface area contributed by atoms with Crippen LogP contribution in [0.3, 0.4) is 0 Å². The topological polar surface area (TPSA) is 61.7 Å². The molecule has 0 saturated carbocycles. The normalized spacial score (nSPS) is 17.4. The fourth-order valence-corrected chi connectivity index (χ4v) is 4.67. The Bertz CT molecular complexity index is 959. The molecule has 0 unspecified atom stereocenters. The van der Waals surface area contributed by atoms with Crippen LogP contribution in [0.25, 0.3) is 0 Å². The maximum atomic E-state index is 13.3. The smallest absolute Gasteiger partial charge is 0.257 e. The third kappa shape index (κ3) is 4.77. The summed E-state index contributed by atoms with van der Waals surface area (Å²) in [6.45, 7) is 9.27. The number of piperazine rings is 1. The van der Waals surface area contributed by atoms with Crippen molar-refractivity contribution in [1.29, 1.82) is 0 Å². The van der Waals surface area contributed by atoms with Crippen LogP contribution in [0.2, 0.25) is 5.02 Å². The second kappa shape index (κ2) is 9.40. The molecule has 31 heavy (non-hydrogen) atoms. The quantitative estimate of drug-likeness (QED) is 0.712. The average Bonchev–Trinajstić information content (AvgIpc) is 3.39. The lowest BCUT2D eigenvalue weighted by Crippen LogP contribution is -2.51. The van der Waals surface area contributed by atoms with E-state index in [1.807, 2.05) is 52.6 Å². The van der Waals surface area contributed by atoms with E-state index in [0.717, 1.165) is 56.0 Å². The SMILES string of the molecule is Cc1nn(Cc2ccccc2Cl)c(C)c1C(=O)N1CCN(CC(=O)N2CCCC2)CC1. The molecule has 1 aromatic heterocycles. The number of likely N-dealkylation sites (tertiary alicyclic amines) is 1. The van der Waals surface area contributed by atoms with E-state index in [1.165, 1.54) is 0 Å². The Kier molecular flexibility index (Phi) is 6.62. The van der Waals surface area contributed by atoms with E-state index in [-0.39, 0.29) is 11.8 Å². The summed E-state index contributed by atoms with van der Waals surface area (Å²) >= 11 is 6.30. The highest BCUT2D eigenvalue weighted by molar-refractivity contribution is 6.31. The number of benzene rings is 1. The van der Waals surface area contributed by atoms with E-state index < -0.39 is 0 Å². The summed E-state index contributed by atoms with van der Waals surface area (Å²) in [5, 5.41) is 5.31. The molecule has 0 atom stereocenters. The number of hydrogen-bond acceptors (Lipinski definition) is 4. The molecule has 4 rings (SSSR count). The van der Waals surface area contributed by atoms with E-state index in [1.54, 1.807) is 0 Å². The van der Waals surface area contributed by atoms with Gasteiger partial charge in [-0.2, -0.15) is 5.10 Å². The van der Waals surface area contributed by atoms with Gasteiger partial charge in [-0.05, 0) is 38.3 Å². The number of carbonyl (C=O) groups is 2. The first kappa shape index (κ1) is 21.8. The van der Waals surface area contributed by atoms with Gasteiger partial charge >= 0.3 is 0 Å². The molecular weight excluding hydrogens is 414 g/mol. The van der Waals surface area contributed by atoms with Crippen molar-refractivity contribution >= 4 is 23.4 Å². The van der Waals surface area contributed by atoms with Gasteiger partial charge in [0.15, 0.2) is 0 Å². The second-order valence-corrected chi connectivity index (χ2v) is 8.86. The number of hydrogen-bond donors (Lipinski definition) is 0. The molecule has 2 amide bonds. The molecule has 2 aliphatic rings. The van der Waals surface area contributed by atoms with E-state index >= 15 is 0 Å². The van der Waals surface area contributed by atoms with Gasteiger partial charge in [0, 0.05) is 50.0 Å². The molecule has 2 saturated heterocycles. The molecule has 0 spiro atoms. The Hall–Kier alpha value is -2.38. The van der Waals surface area contributed by atoms with Crippen LogP contribution < -0.4 is 0 Å². The van der Waals surface area contributed by atoms with Gasteiger partial charge < -0.3 is 9.80 Å². The number of rotatable bonds is 5. The Balaban J connectivity index is 1.38. The molecule has 1 aromatic carbocycles. The summed E-state index contributed by atoms with van der Waals surface area (Å²) in [7, 11) is 0. The van der Waals surface area contributed by atoms with Crippen molar-refractivity contribution in [2.75, 3.05) is 45.8 Å². The van der Waals surface area contributed by atoms with Crippen molar-refractivity contribution in [3.63, 3.8) is 0 Å². The Morgan fingerprint density at radius 3 is 2.32 bits per heavy atom. The van der Waals surface area contributed by atoms with Gasteiger partial charge in [-0.15, -0.1) is 0 Å². The molecule has 0 aliphatic carbocycles. The molecule has 7 nitrogen and oxygen atoms in total. The average molecular weight is 444 g/mol. The predicted molar refractivity (Wildman–Crippen MR) is 120 cm³/mol. The van der Waals surface area contributed by atoms with Gasteiger partial charge in [-0.25, -0.2) is 0 Å². The summed E-state index contributed by atoms with van der Waals surface area (Å²) in [5.41, 5.74) is 3.24. The van der Waals surface area contributed by atoms with Crippen LogP contribution >= 0.6 is 11.6 Å². The Labute approximate surface area is 188 Å². The maximum Gasteiger partial charge on any atom is 0.257 e. The number of amides is 2. The molecule has 166 valence electrons. The molecule has 2 aromatic rings. The molecule has 0 N–H and O–H groups in total. The van der Waals surface area contributed by atoms with Gasteiger partial charge in [0.05, 0.1) is 24.3 Å². The van der Waals surface area contributed by atoms with Gasteiger partial charge in [0.25, 0.3) is 5.91 Å². The number of carbonyl (C=O) groups excluding carboxylic acids is 2. The van der Waals surface area contributed by atoms with Crippen LogP contribution in [0.4, 0.5) is 0 Å². The zero-order chi connectivity index (χ0) is 22.0. The van der Waals surface area contributed by atoms with Crippen molar-refractivity contribution in [2.24, 2.45) is 0 Å². The van der Waals surface area contributed by atoms with Gasteiger partial charge in [-0.1, -0.05) is 29.8 Å². The fraction of sp³-hybridized carbons (Fsp3) is 0.522. The van der Waals surface area contributed by atoms with Crippen molar-refractivity contribution < 1.29 is 9.59 Å². The Morgan fingerprint density at radius 1 is 0.968 bits per heavy atom. The minimum Gasteiger partial charge on any atom is -0.342 e. The highest BCUT2D eigenvalue weighted by atomic mass is 35.5. The van der Waals surface area contributed by atoms with Gasteiger partial charge in [0.2, 0.25) is 5.91 Å². The van der Waals surface area contributed by atoms with Crippen molar-refractivity contribution in [3.8, 4) is 0 Å². The highest BCUT2D eigenvalue weighted by Crippen LogP contribution is 2.21. The van der Waals surface area contributed by atoms with E-state index in [4.69, 9.17) is 11.6 Å². The molecule has 0 radical (unpaired) electrons. The van der Waals surface area contributed by atoms with E-state index in [0.29, 0.717) is 36.8 Å². The number of nitrogens with zero attached hydrogens (tertiary/aromatic N) is 5. The predicted octanol–water partition coefficient (Wildman–Crippen LogP) is 2.58. The Morgan fingerprint density at radius 2 is 1.65 bits per heavy atom. The molecule has 0 bridgehead atoms. The standard InChI is InChI=1S/C23H30ClN5O2/c1-17-22(18(2)29(25-17)15-19-7-3-4-8-20(19)24)23(31)28-13-11-26(12-14-28)16-21(30)27-9-5-6-10-27/h3-4,7-8H,5-6,9-16H2,1-2H3. The minimum absolute atomic E-state index is 0.0194. The lowest BCUT2D eigenvalue weighted by Gasteiger charge is -2.35. The first-order valence-corrected chi connectivity index (χ1v) is 11.4. The number of aryl methyl sites for hydroxylation is 1. The summed E-state index contributed by atoms with van der Waals surface area (Å²) in [6, 6.07) is 7.69. The summed E-state index contributed by atoms with van der Waals surface area (Å²) < 4.78 is 1.86. The zero-order valence-corrected chi connectivity index (χ0v) is 19.1. The number of halogens is 1. The third-order valence-corrected chi connectivity index (χ3v) is 6.72. The van der Waals surface area contributed by atoms with Crippen LogP contribution in [-0.4, -0.2) is 82.1 Å². The second-order valence-electron chi connectivity index (χ2n) is 8.45. The zero-order valence-electron chi connectivity index (χ0n) is 18.3. The summed E-state index contributed by atoms with van der Waals surface area (Å²) in [5.74, 6) is 0.232. The van der Waals surface area contributed by atoms with E-state index in [2.05, 4.69) is 10.00 Å². The number of aromatic nitrogens is 2. The molecule has 2 fully saturated rings. The molecule has 8 heteroatoms. The lowest BCUT2D eigenvalue weighted by atomic mass is 10.1.